The molecular formula is C23H25NO5. The molecule has 1 saturated carbocycles. The standard InChI is InChI=1S/C23H25NO5/c1-3-28-19-13-9-16(15-20(19)27-2)10-14-21(25)29-22(17-7-5-4-6-8-17)23(26)24-18-11-12-18/h4-10,13-15,18,22H,3,11-12H2,1-2H3,(H,24,26)/b14-10+/t22-/m1/s1. The number of hydrogen-bond donors (Lipinski definition) is 1. The van der Waals surface area contributed by atoms with Crippen molar-refractivity contribution in [3.63, 3.8) is 0 Å². The number of ether oxygens (including phenoxy) is 3. The number of benzene rings is 2. The van der Waals surface area contributed by atoms with Crippen molar-refractivity contribution in [2.45, 2.75) is 31.9 Å². The average Bonchev–Trinajstić information content (AvgIpc) is 3.56. The molecular weight excluding hydrogens is 370 g/mol. The van der Waals surface area contributed by atoms with Gasteiger partial charge in [0.2, 0.25) is 6.10 Å². The highest BCUT2D eigenvalue weighted by atomic mass is 16.5. The Bertz CT molecular complexity index is 874. The van der Waals surface area contributed by atoms with Crippen molar-refractivity contribution in [2.24, 2.45) is 0 Å². The van der Waals surface area contributed by atoms with Crippen LogP contribution in [0.15, 0.2) is 54.6 Å². The Balaban J connectivity index is 1.70. The van der Waals surface area contributed by atoms with Gasteiger partial charge >= 0.3 is 5.97 Å². The molecule has 6 nitrogen and oxygen atoms in total. The number of hydrogen-bond acceptors (Lipinski definition) is 5. The Labute approximate surface area is 170 Å². The number of esters is 1. The monoisotopic (exact) mass is 395 g/mol. The van der Waals surface area contributed by atoms with Crippen LogP contribution in [0.25, 0.3) is 6.08 Å². The summed E-state index contributed by atoms with van der Waals surface area (Å²) in [5.41, 5.74) is 1.39. The van der Waals surface area contributed by atoms with Gasteiger partial charge in [-0.3, -0.25) is 4.79 Å². The number of rotatable bonds is 9. The predicted octanol–water partition coefficient (Wildman–Crippen LogP) is 3.67. The lowest BCUT2D eigenvalue weighted by Gasteiger charge is -2.17. The zero-order valence-corrected chi connectivity index (χ0v) is 16.6. The highest BCUT2D eigenvalue weighted by Gasteiger charge is 2.30. The second kappa shape index (κ2) is 9.78. The van der Waals surface area contributed by atoms with Crippen LogP contribution in [0.1, 0.15) is 37.0 Å². The number of carbonyl (C=O) groups is 2. The van der Waals surface area contributed by atoms with E-state index in [0.717, 1.165) is 18.4 Å². The molecule has 0 spiro atoms. The van der Waals surface area contributed by atoms with Gasteiger partial charge in [0, 0.05) is 17.7 Å². The fourth-order valence-corrected chi connectivity index (χ4v) is 2.79. The predicted molar refractivity (Wildman–Crippen MR) is 110 cm³/mol. The molecule has 0 unspecified atom stereocenters. The van der Waals surface area contributed by atoms with Crippen molar-refractivity contribution in [3.8, 4) is 11.5 Å². The molecule has 0 radical (unpaired) electrons. The molecule has 0 saturated heterocycles. The maximum Gasteiger partial charge on any atom is 0.331 e. The number of nitrogens with one attached hydrogen (secondary N) is 1. The lowest BCUT2D eigenvalue weighted by molar-refractivity contribution is -0.151. The van der Waals surface area contributed by atoms with Gasteiger partial charge in [-0.1, -0.05) is 36.4 Å². The van der Waals surface area contributed by atoms with Crippen LogP contribution in [0.5, 0.6) is 11.5 Å². The summed E-state index contributed by atoms with van der Waals surface area (Å²) in [7, 11) is 1.56. The molecule has 0 aromatic heterocycles. The van der Waals surface area contributed by atoms with Gasteiger partial charge in [-0.2, -0.15) is 0 Å². The molecule has 2 aromatic rings. The van der Waals surface area contributed by atoms with E-state index in [1.54, 1.807) is 37.5 Å². The smallest absolute Gasteiger partial charge is 0.331 e. The molecule has 1 aliphatic rings. The molecule has 0 heterocycles. The van der Waals surface area contributed by atoms with Gasteiger partial charge < -0.3 is 19.5 Å². The Kier molecular flexibility index (Phi) is 6.89. The van der Waals surface area contributed by atoms with Crippen LogP contribution in [0.3, 0.4) is 0 Å². The Morgan fingerprint density at radius 2 is 1.90 bits per heavy atom. The van der Waals surface area contributed by atoms with E-state index >= 15 is 0 Å². The summed E-state index contributed by atoms with van der Waals surface area (Å²) in [5, 5.41) is 2.89. The third kappa shape index (κ3) is 5.85. The van der Waals surface area contributed by atoms with Gasteiger partial charge in [-0.15, -0.1) is 0 Å². The second-order valence-electron chi connectivity index (χ2n) is 6.69. The molecule has 0 bridgehead atoms. The fraction of sp³-hybridized carbons (Fsp3) is 0.304. The first-order valence-electron chi connectivity index (χ1n) is 9.65. The Morgan fingerprint density at radius 3 is 2.55 bits per heavy atom. The van der Waals surface area contributed by atoms with Crippen molar-refractivity contribution in [1.82, 2.24) is 5.32 Å². The molecule has 1 fully saturated rings. The van der Waals surface area contributed by atoms with E-state index in [4.69, 9.17) is 14.2 Å². The zero-order valence-electron chi connectivity index (χ0n) is 16.6. The molecule has 1 N–H and O–H groups in total. The van der Waals surface area contributed by atoms with Crippen molar-refractivity contribution in [2.75, 3.05) is 13.7 Å². The number of amides is 1. The van der Waals surface area contributed by atoms with E-state index in [1.807, 2.05) is 31.2 Å². The minimum atomic E-state index is -0.983. The van der Waals surface area contributed by atoms with Gasteiger partial charge in [0.25, 0.3) is 5.91 Å². The van der Waals surface area contributed by atoms with Crippen molar-refractivity contribution in [3.05, 3.63) is 65.7 Å². The van der Waals surface area contributed by atoms with E-state index in [-0.39, 0.29) is 11.9 Å². The van der Waals surface area contributed by atoms with Gasteiger partial charge in [-0.25, -0.2) is 4.79 Å². The third-order valence-corrected chi connectivity index (χ3v) is 4.40. The van der Waals surface area contributed by atoms with E-state index in [0.29, 0.717) is 23.7 Å². The SMILES string of the molecule is CCOc1ccc(/C=C/C(=O)O[C@@H](C(=O)NC2CC2)c2ccccc2)cc1OC. The minimum absolute atomic E-state index is 0.180. The van der Waals surface area contributed by atoms with Crippen molar-refractivity contribution >= 4 is 18.0 Å². The summed E-state index contributed by atoms with van der Waals surface area (Å²) >= 11 is 0. The Hall–Kier alpha value is -3.28. The van der Waals surface area contributed by atoms with E-state index < -0.39 is 12.1 Å². The van der Waals surface area contributed by atoms with Gasteiger partial charge in [0.1, 0.15) is 0 Å². The van der Waals surface area contributed by atoms with E-state index in [2.05, 4.69) is 5.32 Å². The third-order valence-electron chi connectivity index (χ3n) is 4.40. The van der Waals surface area contributed by atoms with Gasteiger partial charge in [0.15, 0.2) is 11.5 Å². The van der Waals surface area contributed by atoms with Gasteiger partial charge in [-0.05, 0) is 43.5 Å². The summed E-state index contributed by atoms with van der Waals surface area (Å²) < 4.78 is 16.3. The van der Waals surface area contributed by atoms with Gasteiger partial charge in [0.05, 0.1) is 13.7 Å². The molecule has 1 atom stereocenters. The largest absolute Gasteiger partial charge is 0.493 e. The van der Waals surface area contributed by atoms with Crippen molar-refractivity contribution in [1.29, 1.82) is 0 Å². The molecule has 6 heteroatoms. The highest BCUT2D eigenvalue weighted by Crippen LogP contribution is 2.28. The van der Waals surface area contributed by atoms with Crippen LogP contribution in [0.4, 0.5) is 0 Å². The van der Waals surface area contributed by atoms with Crippen LogP contribution >= 0.6 is 0 Å². The lowest BCUT2D eigenvalue weighted by Crippen LogP contribution is -2.33. The first-order valence-corrected chi connectivity index (χ1v) is 9.65. The summed E-state index contributed by atoms with van der Waals surface area (Å²) in [4.78, 5) is 24.9. The maximum absolute atomic E-state index is 12.5. The summed E-state index contributed by atoms with van der Waals surface area (Å²) in [6, 6.07) is 14.5. The maximum atomic E-state index is 12.5. The normalized spacial score (nSPS) is 14.3. The molecule has 2 aromatic carbocycles. The van der Waals surface area contributed by atoms with Crippen LogP contribution in [-0.4, -0.2) is 31.6 Å². The molecule has 0 aliphatic heterocycles. The topological polar surface area (TPSA) is 73.9 Å². The van der Waals surface area contributed by atoms with Crippen LogP contribution < -0.4 is 14.8 Å². The van der Waals surface area contributed by atoms with E-state index in [9.17, 15) is 9.59 Å². The highest BCUT2D eigenvalue weighted by molar-refractivity contribution is 5.91. The van der Waals surface area contributed by atoms with Crippen LogP contribution in [-0.2, 0) is 14.3 Å². The average molecular weight is 395 g/mol. The zero-order chi connectivity index (χ0) is 20.6. The summed E-state index contributed by atoms with van der Waals surface area (Å²) in [6.07, 6.45) is 3.85. The number of methoxy groups -OCH3 is 1. The second-order valence-corrected chi connectivity index (χ2v) is 6.69. The molecule has 1 aliphatic carbocycles. The van der Waals surface area contributed by atoms with Crippen LogP contribution in [0, 0.1) is 0 Å². The van der Waals surface area contributed by atoms with E-state index in [1.165, 1.54) is 6.08 Å². The Morgan fingerprint density at radius 1 is 1.14 bits per heavy atom. The minimum Gasteiger partial charge on any atom is -0.493 e. The first kappa shape index (κ1) is 20.5. The lowest BCUT2D eigenvalue weighted by atomic mass is 10.1. The molecule has 1 amide bonds. The molecule has 152 valence electrons. The summed E-state index contributed by atoms with van der Waals surface area (Å²) in [5.74, 6) is 0.310. The summed E-state index contributed by atoms with van der Waals surface area (Å²) in [6.45, 7) is 2.42. The molecule has 3 rings (SSSR count). The number of carbonyl (C=O) groups excluding carboxylic acids is 2. The van der Waals surface area contributed by atoms with Crippen molar-refractivity contribution < 1.29 is 23.8 Å². The first-order chi connectivity index (χ1) is 14.1. The quantitative estimate of drug-likeness (QED) is 0.518. The van der Waals surface area contributed by atoms with Crippen LogP contribution in [0.2, 0.25) is 0 Å². The fourth-order valence-electron chi connectivity index (χ4n) is 2.79. The molecule has 29 heavy (non-hydrogen) atoms.